The van der Waals surface area contributed by atoms with Crippen LogP contribution in [0.2, 0.25) is 5.02 Å². The van der Waals surface area contributed by atoms with Crippen LogP contribution in [0.1, 0.15) is 0 Å². The number of nitrogen functional groups attached to an aromatic ring is 1. The second-order valence-corrected chi connectivity index (χ2v) is 3.94. The van der Waals surface area contributed by atoms with Crippen molar-refractivity contribution in [2.45, 2.75) is 0 Å². The molecule has 0 radical (unpaired) electrons. The molecule has 0 aliphatic heterocycles. The van der Waals surface area contributed by atoms with Crippen molar-refractivity contribution in [3.63, 3.8) is 0 Å². The summed E-state index contributed by atoms with van der Waals surface area (Å²) in [6, 6.07) is 4.60. The molecule has 1 heterocycles. The van der Waals surface area contributed by atoms with E-state index in [4.69, 9.17) is 17.3 Å². The largest absolute Gasteiger partial charge is 0.375 e. The van der Waals surface area contributed by atoms with Crippen molar-refractivity contribution in [1.29, 1.82) is 0 Å². The van der Waals surface area contributed by atoms with Gasteiger partial charge in [-0.25, -0.2) is 9.37 Å². The number of benzene rings is 1. The van der Waals surface area contributed by atoms with Crippen molar-refractivity contribution in [2.24, 2.45) is 0 Å². The predicted octanol–water partition coefficient (Wildman–Crippen LogP) is 3.18. The first-order chi connectivity index (χ1) is 6.68. The molecule has 2 rings (SSSR count). The number of aromatic nitrogens is 1. The number of hydrogen-bond acceptors (Lipinski definition) is 3. The number of nitrogens with two attached hydrogens (primary N) is 1. The van der Waals surface area contributed by atoms with Crippen LogP contribution in [-0.2, 0) is 0 Å². The number of hydrogen-bond donors (Lipinski definition) is 1. The average Bonchev–Trinajstić information content (AvgIpc) is 2.57. The predicted molar refractivity (Wildman–Crippen MR) is 56.9 cm³/mol. The summed E-state index contributed by atoms with van der Waals surface area (Å²) in [7, 11) is 0. The fourth-order valence-electron chi connectivity index (χ4n) is 1.11. The molecule has 1 aromatic heterocycles. The fourth-order valence-corrected chi connectivity index (χ4v) is 1.90. The zero-order chi connectivity index (χ0) is 10.1. The molecule has 0 bridgehead atoms. The highest BCUT2D eigenvalue weighted by Crippen LogP contribution is 2.30. The maximum Gasteiger partial charge on any atom is 0.180 e. The van der Waals surface area contributed by atoms with Gasteiger partial charge in [0.05, 0.1) is 10.7 Å². The lowest BCUT2D eigenvalue weighted by Crippen LogP contribution is -1.85. The monoisotopic (exact) mass is 228 g/mol. The van der Waals surface area contributed by atoms with Crippen molar-refractivity contribution in [3.8, 4) is 11.3 Å². The number of anilines is 1. The summed E-state index contributed by atoms with van der Waals surface area (Å²) in [4.78, 5) is 4.03. The van der Waals surface area contributed by atoms with Crippen molar-refractivity contribution >= 4 is 28.1 Å². The van der Waals surface area contributed by atoms with E-state index in [1.54, 1.807) is 17.5 Å². The van der Waals surface area contributed by atoms with Crippen LogP contribution in [0.15, 0.2) is 23.6 Å². The third-order valence-electron chi connectivity index (χ3n) is 1.75. The molecule has 14 heavy (non-hydrogen) atoms. The Kier molecular flexibility index (Phi) is 2.39. The molecule has 5 heteroatoms. The maximum absolute atomic E-state index is 13.1. The highest BCUT2D eigenvalue weighted by Gasteiger charge is 2.09. The Morgan fingerprint density at radius 1 is 1.43 bits per heavy atom. The molecule has 2 nitrogen and oxygen atoms in total. The van der Waals surface area contributed by atoms with E-state index in [2.05, 4.69) is 4.98 Å². The summed E-state index contributed by atoms with van der Waals surface area (Å²) >= 11 is 7.09. The van der Waals surface area contributed by atoms with Gasteiger partial charge in [-0.15, -0.1) is 11.3 Å². The topological polar surface area (TPSA) is 38.9 Å². The Bertz CT molecular complexity index is 470. The van der Waals surface area contributed by atoms with Crippen LogP contribution in [0.4, 0.5) is 9.52 Å². The standard InChI is InChI=1S/C9H6ClFN2S/c10-8-5(2-1-3-6(8)11)7-4-14-9(12)13-7/h1-4H,(H2,12,13). The van der Waals surface area contributed by atoms with Gasteiger partial charge in [0.2, 0.25) is 0 Å². The molecule has 2 N–H and O–H groups in total. The lowest BCUT2D eigenvalue weighted by molar-refractivity contribution is 0.628. The van der Waals surface area contributed by atoms with Crippen molar-refractivity contribution in [2.75, 3.05) is 5.73 Å². The van der Waals surface area contributed by atoms with Gasteiger partial charge in [0.1, 0.15) is 5.82 Å². The minimum atomic E-state index is -0.448. The lowest BCUT2D eigenvalue weighted by Gasteiger charge is -2.00. The molecule has 0 aliphatic carbocycles. The molecule has 1 aromatic carbocycles. The highest BCUT2D eigenvalue weighted by atomic mass is 35.5. The van der Waals surface area contributed by atoms with E-state index < -0.39 is 5.82 Å². The van der Waals surface area contributed by atoms with Crippen molar-refractivity contribution in [3.05, 3.63) is 34.4 Å². The van der Waals surface area contributed by atoms with Crippen LogP contribution in [-0.4, -0.2) is 4.98 Å². The Morgan fingerprint density at radius 2 is 2.21 bits per heavy atom. The quantitative estimate of drug-likeness (QED) is 0.814. The normalized spacial score (nSPS) is 10.4. The van der Waals surface area contributed by atoms with Crippen LogP contribution in [0.3, 0.4) is 0 Å². The number of rotatable bonds is 1. The second kappa shape index (κ2) is 3.55. The first-order valence-electron chi connectivity index (χ1n) is 3.84. The van der Waals surface area contributed by atoms with Crippen LogP contribution >= 0.6 is 22.9 Å². The van der Waals surface area contributed by atoms with Crippen LogP contribution in [0.25, 0.3) is 11.3 Å². The van der Waals surface area contributed by atoms with Gasteiger partial charge in [0.15, 0.2) is 5.13 Å². The summed E-state index contributed by atoms with van der Waals surface area (Å²) < 4.78 is 13.1. The SMILES string of the molecule is Nc1nc(-c2cccc(F)c2Cl)cs1. The minimum Gasteiger partial charge on any atom is -0.375 e. The molecule has 0 amide bonds. The van der Waals surface area contributed by atoms with E-state index in [1.165, 1.54) is 17.4 Å². The molecule has 0 fully saturated rings. The number of nitrogens with zero attached hydrogens (tertiary/aromatic N) is 1. The van der Waals surface area contributed by atoms with Crippen molar-refractivity contribution in [1.82, 2.24) is 4.98 Å². The number of halogens is 2. The molecule has 0 saturated heterocycles. The fraction of sp³-hybridized carbons (Fsp3) is 0. The second-order valence-electron chi connectivity index (χ2n) is 2.67. The van der Waals surface area contributed by atoms with E-state index in [9.17, 15) is 4.39 Å². The van der Waals surface area contributed by atoms with Crippen LogP contribution in [0, 0.1) is 5.82 Å². The molecular weight excluding hydrogens is 223 g/mol. The first-order valence-corrected chi connectivity index (χ1v) is 5.09. The molecule has 0 atom stereocenters. The van der Waals surface area contributed by atoms with Gasteiger partial charge < -0.3 is 5.73 Å². The van der Waals surface area contributed by atoms with Crippen LogP contribution in [0.5, 0.6) is 0 Å². The van der Waals surface area contributed by atoms with E-state index in [-0.39, 0.29) is 5.02 Å². The van der Waals surface area contributed by atoms with Gasteiger partial charge in [0, 0.05) is 10.9 Å². The van der Waals surface area contributed by atoms with Gasteiger partial charge in [-0.1, -0.05) is 23.7 Å². The molecule has 0 saturated carbocycles. The number of thiazole rings is 1. The smallest absolute Gasteiger partial charge is 0.180 e. The van der Waals surface area contributed by atoms with E-state index in [0.29, 0.717) is 16.4 Å². The van der Waals surface area contributed by atoms with Crippen molar-refractivity contribution < 1.29 is 4.39 Å². The van der Waals surface area contributed by atoms with E-state index in [1.807, 2.05) is 0 Å². The lowest BCUT2D eigenvalue weighted by atomic mass is 10.2. The molecule has 0 unspecified atom stereocenters. The Hall–Kier alpha value is -1.13. The molecule has 0 aliphatic rings. The Balaban J connectivity index is 2.57. The van der Waals surface area contributed by atoms with Gasteiger partial charge in [0.25, 0.3) is 0 Å². The summed E-state index contributed by atoms with van der Waals surface area (Å²) in [5.74, 6) is -0.448. The highest BCUT2D eigenvalue weighted by molar-refractivity contribution is 7.13. The van der Waals surface area contributed by atoms with Crippen LogP contribution < -0.4 is 5.73 Å². The molecule has 72 valence electrons. The van der Waals surface area contributed by atoms with Gasteiger partial charge in [-0.2, -0.15) is 0 Å². The molecule has 2 aromatic rings. The molecule has 0 spiro atoms. The van der Waals surface area contributed by atoms with E-state index in [0.717, 1.165) is 0 Å². The zero-order valence-electron chi connectivity index (χ0n) is 7.00. The summed E-state index contributed by atoms with van der Waals surface area (Å²) in [5, 5.41) is 2.27. The first kappa shape index (κ1) is 9.43. The van der Waals surface area contributed by atoms with Gasteiger partial charge in [-0.3, -0.25) is 0 Å². The van der Waals surface area contributed by atoms with Gasteiger partial charge in [-0.05, 0) is 6.07 Å². The van der Waals surface area contributed by atoms with E-state index >= 15 is 0 Å². The third kappa shape index (κ3) is 1.58. The summed E-state index contributed by atoms with van der Waals surface area (Å²) in [6.07, 6.45) is 0. The van der Waals surface area contributed by atoms with Gasteiger partial charge >= 0.3 is 0 Å². The summed E-state index contributed by atoms with van der Waals surface area (Å²) in [6.45, 7) is 0. The Morgan fingerprint density at radius 3 is 2.86 bits per heavy atom. The average molecular weight is 229 g/mol. The zero-order valence-corrected chi connectivity index (χ0v) is 8.57. The summed E-state index contributed by atoms with van der Waals surface area (Å²) in [5.41, 5.74) is 6.65. The minimum absolute atomic E-state index is 0.0813. The third-order valence-corrected chi connectivity index (χ3v) is 2.81. The Labute approximate surface area is 89.2 Å². The maximum atomic E-state index is 13.1. The molecular formula is C9H6ClFN2S.